The molecule has 0 aromatic heterocycles. The number of methoxy groups -OCH3 is 2. The average molecular weight is 550 g/mol. The van der Waals surface area contributed by atoms with Crippen LogP contribution in [0.3, 0.4) is 0 Å². The van der Waals surface area contributed by atoms with Crippen LogP contribution in [0.5, 0.6) is 0 Å². The molecule has 0 radical (unpaired) electrons. The number of esters is 1. The Kier molecular flexibility index (Phi) is 17.2. The summed E-state index contributed by atoms with van der Waals surface area (Å²) in [6.45, 7) is 14.0. The van der Waals surface area contributed by atoms with E-state index in [-0.39, 0.29) is 23.9 Å². The second-order valence-corrected chi connectivity index (χ2v) is 8.72. The minimum atomic E-state index is -0.358. The average Bonchev–Trinajstić information content (AvgIpc) is 3.14. The van der Waals surface area contributed by atoms with Gasteiger partial charge in [0.25, 0.3) is 0 Å². The number of unbranched alkanes of at least 4 members (excludes halogenated alkanes) is 1. The second-order valence-electron chi connectivity index (χ2n) is 8.19. The van der Waals surface area contributed by atoms with Gasteiger partial charge in [-0.15, -0.1) is 0 Å². The fourth-order valence-electron chi connectivity index (χ4n) is 3.89. The molecule has 0 saturated heterocycles. The smallest absolute Gasteiger partial charge is 0.302 e. The van der Waals surface area contributed by atoms with E-state index in [1.807, 2.05) is 37.9 Å². The molecule has 0 saturated carbocycles. The molecule has 6 heteroatoms. The van der Waals surface area contributed by atoms with E-state index in [9.17, 15) is 4.79 Å². The molecule has 0 N–H and O–H groups in total. The molecule has 1 aromatic carbocycles. The first-order valence-corrected chi connectivity index (χ1v) is 13.3. The van der Waals surface area contributed by atoms with Gasteiger partial charge in [0.2, 0.25) is 0 Å². The lowest BCUT2D eigenvalue weighted by Crippen LogP contribution is -2.48. The summed E-state index contributed by atoms with van der Waals surface area (Å²) in [6, 6.07) is 11.0. The van der Waals surface area contributed by atoms with Crippen molar-refractivity contribution in [1.29, 1.82) is 0 Å². The summed E-state index contributed by atoms with van der Waals surface area (Å²) >= 11 is 3.36. The Hall–Kier alpha value is -2.02. The Balaban J connectivity index is 0.00000146. The number of hydrogen-bond acceptors (Lipinski definition) is 5. The van der Waals surface area contributed by atoms with Gasteiger partial charge in [-0.2, -0.15) is 0 Å². The zero-order chi connectivity index (χ0) is 26.9. The van der Waals surface area contributed by atoms with E-state index in [1.54, 1.807) is 7.11 Å². The van der Waals surface area contributed by atoms with Crippen LogP contribution in [0.4, 0.5) is 0 Å². The highest BCUT2D eigenvalue weighted by molar-refractivity contribution is 9.11. The quantitative estimate of drug-likeness (QED) is 0.231. The molecule has 0 bridgehead atoms. The van der Waals surface area contributed by atoms with E-state index < -0.39 is 0 Å². The van der Waals surface area contributed by atoms with Crippen molar-refractivity contribution in [3.8, 4) is 0 Å². The van der Waals surface area contributed by atoms with Crippen LogP contribution in [-0.2, 0) is 14.3 Å². The van der Waals surface area contributed by atoms with Crippen LogP contribution in [0.2, 0.25) is 0 Å². The Morgan fingerprint density at radius 2 is 1.83 bits per heavy atom. The summed E-state index contributed by atoms with van der Waals surface area (Å²) in [4.78, 5) is 19.0. The van der Waals surface area contributed by atoms with Crippen LogP contribution in [0.25, 0.3) is 0 Å². The van der Waals surface area contributed by atoms with Gasteiger partial charge in [0.1, 0.15) is 5.66 Å². The number of rotatable bonds is 9. The third-order valence-corrected chi connectivity index (χ3v) is 5.67. The minimum Gasteiger partial charge on any atom is -0.469 e. The third kappa shape index (κ3) is 10.6. The zero-order valence-electron chi connectivity index (χ0n) is 23.0. The van der Waals surface area contributed by atoms with Crippen LogP contribution in [0.1, 0.15) is 79.3 Å². The van der Waals surface area contributed by atoms with Crippen molar-refractivity contribution in [2.75, 3.05) is 14.2 Å². The number of carbonyl (C=O) groups is 1. The number of benzene rings is 1. The molecule has 0 fully saturated rings. The van der Waals surface area contributed by atoms with Gasteiger partial charge in [-0.3, -0.25) is 9.79 Å². The first-order valence-electron chi connectivity index (χ1n) is 12.4. The summed E-state index contributed by atoms with van der Waals surface area (Å²) in [5, 5.41) is 0. The van der Waals surface area contributed by atoms with Crippen LogP contribution in [0, 0.1) is 0 Å². The van der Waals surface area contributed by atoms with Gasteiger partial charge in [-0.25, -0.2) is 4.90 Å². The molecule has 2 atom stereocenters. The largest absolute Gasteiger partial charge is 0.469 e. The van der Waals surface area contributed by atoms with Gasteiger partial charge >= 0.3 is 5.97 Å². The Bertz CT molecular complexity index is 845. The second kappa shape index (κ2) is 18.3. The van der Waals surface area contributed by atoms with Crippen LogP contribution in [0.15, 0.2) is 70.2 Å². The number of halogens is 1. The van der Waals surface area contributed by atoms with Gasteiger partial charge in [0.05, 0.1) is 12.8 Å². The predicted octanol–water partition coefficient (Wildman–Crippen LogP) is 8.00. The van der Waals surface area contributed by atoms with Crippen LogP contribution < -0.4 is 0 Å². The molecule has 1 heterocycles. The molecule has 1 aromatic rings. The molecule has 5 nitrogen and oxygen atoms in total. The maximum absolute atomic E-state index is 9.59. The highest BCUT2D eigenvalue weighted by Crippen LogP contribution is 2.40. The number of nitrogens with zero attached hydrogens (tertiary/aromatic N) is 2. The predicted molar refractivity (Wildman–Crippen MR) is 153 cm³/mol. The molecule has 2 unspecified atom stereocenters. The maximum Gasteiger partial charge on any atom is 0.302 e. The lowest BCUT2D eigenvalue weighted by molar-refractivity contribution is -0.137. The molecule has 35 heavy (non-hydrogen) atoms. The monoisotopic (exact) mass is 548 g/mol. The van der Waals surface area contributed by atoms with Crippen molar-refractivity contribution in [1.82, 2.24) is 4.90 Å². The SMILES string of the molecule is CC.COC(C)=O.C\C=C/C(=C\C=C\Br)C1=NC(C)(C)N(C(CCCC)c2ccccc2)C1OC. The van der Waals surface area contributed by atoms with Gasteiger partial charge in [-0.05, 0) is 43.3 Å². The third-order valence-electron chi connectivity index (χ3n) is 5.36. The molecular formula is C29H45BrN2O3. The minimum absolute atomic E-state index is 0.191. The van der Waals surface area contributed by atoms with E-state index in [1.165, 1.54) is 32.4 Å². The topological polar surface area (TPSA) is 51.1 Å². The van der Waals surface area contributed by atoms with E-state index in [2.05, 4.69) is 88.8 Å². The van der Waals surface area contributed by atoms with Crippen molar-refractivity contribution in [3.05, 3.63) is 70.8 Å². The van der Waals surface area contributed by atoms with E-state index in [4.69, 9.17) is 9.73 Å². The first kappa shape index (κ1) is 33.0. The van der Waals surface area contributed by atoms with Crippen molar-refractivity contribution in [2.24, 2.45) is 4.99 Å². The summed E-state index contributed by atoms with van der Waals surface area (Å²) in [7, 11) is 3.13. The number of carbonyl (C=O) groups excluding carboxylic acids is 1. The maximum atomic E-state index is 9.59. The van der Waals surface area contributed by atoms with E-state index in [0.717, 1.165) is 17.7 Å². The highest BCUT2D eigenvalue weighted by Gasteiger charge is 2.46. The lowest BCUT2D eigenvalue weighted by Gasteiger charge is -2.40. The van der Waals surface area contributed by atoms with Crippen LogP contribution in [-0.4, -0.2) is 42.7 Å². The van der Waals surface area contributed by atoms with E-state index in [0.29, 0.717) is 0 Å². The Morgan fingerprint density at radius 1 is 1.23 bits per heavy atom. The Labute approximate surface area is 222 Å². The highest BCUT2D eigenvalue weighted by atomic mass is 79.9. The van der Waals surface area contributed by atoms with E-state index >= 15 is 0 Å². The molecule has 1 aliphatic heterocycles. The number of allylic oxidation sites excluding steroid dienone is 4. The molecule has 1 aliphatic rings. The van der Waals surface area contributed by atoms with Gasteiger partial charge in [0, 0.05) is 20.1 Å². The molecule has 0 spiro atoms. The summed E-state index contributed by atoms with van der Waals surface area (Å²) < 4.78 is 10.2. The number of aliphatic imine (C=N–C) groups is 1. The molecule has 2 rings (SSSR count). The lowest BCUT2D eigenvalue weighted by atomic mass is 9.96. The fraction of sp³-hybridized carbons (Fsp3) is 0.517. The number of hydrogen-bond donors (Lipinski definition) is 0. The molecule has 0 amide bonds. The standard InChI is InChI=1S/C24H33BrN2O.C3H6O2.C2H6/c1-6-8-17-21(19-14-10-9-11-15-19)27-23(28-5)22(26-24(27,3)4)20(13-7-2)16-12-18-25;1-3(4)5-2;1-2/h7,9-16,18,21,23H,6,8,17H2,1-5H3;1-2H3;1-2H3/b13-7-,18-12+,20-16+;;. The van der Waals surface area contributed by atoms with Crippen molar-refractivity contribution >= 4 is 27.6 Å². The zero-order valence-corrected chi connectivity index (χ0v) is 24.6. The van der Waals surface area contributed by atoms with Crippen molar-refractivity contribution in [3.63, 3.8) is 0 Å². The van der Waals surface area contributed by atoms with Gasteiger partial charge < -0.3 is 9.47 Å². The van der Waals surface area contributed by atoms with Crippen LogP contribution >= 0.6 is 15.9 Å². The summed E-state index contributed by atoms with van der Waals surface area (Å²) in [6.07, 6.45) is 11.4. The Morgan fingerprint density at radius 3 is 2.29 bits per heavy atom. The fourth-order valence-corrected chi connectivity index (χ4v) is 4.04. The van der Waals surface area contributed by atoms with Gasteiger partial charge in [-0.1, -0.05) is 104 Å². The van der Waals surface area contributed by atoms with Gasteiger partial charge in [0.15, 0.2) is 6.23 Å². The summed E-state index contributed by atoms with van der Waals surface area (Å²) in [5.41, 5.74) is 3.01. The first-order chi connectivity index (χ1) is 16.8. The summed E-state index contributed by atoms with van der Waals surface area (Å²) in [5.74, 6) is -0.245. The van der Waals surface area contributed by atoms with Crippen molar-refractivity contribution < 1.29 is 14.3 Å². The normalized spacial score (nSPS) is 18.4. The number of ether oxygens (including phenoxy) is 2. The van der Waals surface area contributed by atoms with Crippen molar-refractivity contribution in [2.45, 2.75) is 85.7 Å². The molecule has 196 valence electrons. The molecular weight excluding hydrogens is 504 g/mol. The molecule has 0 aliphatic carbocycles.